The second-order valence-corrected chi connectivity index (χ2v) is 3.09. The van der Waals surface area contributed by atoms with Crippen molar-refractivity contribution in [2.24, 2.45) is 0 Å². The first kappa shape index (κ1) is 11.4. The number of imide groups is 1. The molecule has 0 saturated heterocycles. The van der Waals surface area contributed by atoms with Crippen LogP contribution in [0.4, 0.5) is 0 Å². The minimum atomic E-state index is -0.418. The zero-order chi connectivity index (χ0) is 11.3. The predicted octanol–water partition coefficient (Wildman–Crippen LogP) is 1.51. The fourth-order valence-corrected chi connectivity index (χ4v) is 1.12. The number of hydroxylamine groups is 2. The number of amides is 2. The van der Waals surface area contributed by atoms with E-state index in [0.29, 0.717) is 0 Å². The maximum absolute atomic E-state index is 11.0. The Morgan fingerprint density at radius 1 is 1.13 bits per heavy atom. The molecule has 80 valence electrons. The summed E-state index contributed by atoms with van der Waals surface area (Å²) in [6.45, 7) is 2.78. The second kappa shape index (κ2) is 5.26. The standard InChI is InChI=1S/C11H13NO3/c1-9(13)12(10(2)14)15-8-11-6-4-3-5-7-11/h3-7H,8H2,1-2H3. The molecule has 1 rings (SSSR count). The van der Waals surface area contributed by atoms with Crippen LogP contribution >= 0.6 is 0 Å². The van der Waals surface area contributed by atoms with E-state index in [2.05, 4.69) is 0 Å². The van der Waals surface area contributed by atoms with Crippen LogP contribution in [0.25, 0.3) is 0 Å². The third-order valence-electron chi connectivity index (χ3n) is 1.78. The molecule has 4 nitrogen and oxygen atoms in total. The van der Waals surface area contributed by atoms with Gasteiger partial charge in [0, 0.05) is 13.8 Å². The molecule has 1 aromatic rings. The molecule has 15 heavy (non-hydrogen) atoms. The van der Waals surface area contributed by atoms with Gasteiger partial charge in [0.25, 0.3) is 0 Å². The summed E-state index contributed by atoms with van der Waals surface area (Å²) in [4.78, 5) is 27.1. The summed E-state index contributed by atoms with van der Waals surface area (Å²) in [6, 6.07) is 9.34. The maximum atomic E-state index is 11.0. The number of nitrogens with zero attached hydrogens (tertiary/aromatic N) is 1. The highest BCUT2D eigenvalue weighted by Gasteiger charge is 2.14. The Morgan fingerprint density at radius 2 is 1.67 bits per heavy atom. The van der Waals surface area contributed by atoms with Crippen LogP contribution in [0.2, 0.25) is 0 Å². The number of hydrogen-bond donors (Lipinski definition) is 0. The normalized spacial score (nSPS) is 9.73. The predicted molar refractivity (Wildman–Crippen MR) is 54.4 cm³/mol. The topological polar surface area (TPSA) is 46.6 Å². The largest absolute Gasteiger partial charge is 0.272 e. The van der Waals surface area contributed by atoms with Crippen LogP contribution in [0.5, 0.6) is 0 Å². The zero-order valence-corrected chi connectivity index (χ0v) is 8.77. The minimum Gasteiger partial charge on any atom is -0.272 e. The average molecular weight is 207 g/mol. The van der Waals surface area contributed by atoms with Crippen molar-refractivity contribution in [2.75, 3.05) is 0 Å². The van der Waals surface area contributed by atoms with Crippen LogP contribution in [-0.2, 0) is 21.0 Å². The molecular formula is C11H13NO3. The Labute approximate surface area is 88.4 Å². The molecule has 0 aromatic heterocycles. The second-order valence-electron chi connectivity index (χ2n) is 3.09. The molecule has 0 saturated carbocycles. The SMILES string of the molecule is CC(=O)N(OCc1ccccc1)C(C)=O. The first-order chi connectivity index (χ1) is 7.11. The molecule has 2 amide bonds. The van der Waals surface area contributed by atoms with E-state index in [1.165, 1.54) is 13.8 Å². The lowest BCUT2D eigenvalue weighted by Crippen LogP contribution is -2.33. The van der Waals surface area contributed by atoms with Gasteiger partial charge in [-0.15, -0.1) is 0 Å². The fourth-order valence-electron chi connectivity index (χ4n) is 1.12. The van der Waals surface area contributed by atoms with Crippen LogP contribution in [0.3, 0.4) is 0 Å². The lowest BCUT2D eigenvalue weighted by Gasteiger charge is -2.15. The van der Waals surface area contributed by atoms with Gasteiger partial charge in [0.15, 0.2) is 0 Å². The Hall–Kier alpha value is -1.68. The van der Waals surface area contributed by atoms with E-state index in [1.807, 2.05) is 30.3 Å². The summed E-state index contributed by atoms with van der Waals surface area (Å²) in [6.07, 6.45) is 0. The molecule has 1 aromatic carbocycles. The highest BCUT2D eigenvalue weighted by molar-refractivity contribution is 5.91. The fraction of sp³-hybridized carbons (Fsp3) is 0.273. The maximum Gasteiger partial charge on any atom is 0.250 e. The summed E-state index contributed by atoms with van der Waals surface area (Å²) in [7, 11) is 0. The smallest absolute Gasteiger partial charge is 0.250 e. The lowest BCUT2D eigenvalue weighted by molar-refractivity contribution is -0.195. The molecule has 0 bridgehead atoms. The summed E-state index contributed by atoms with van der Waals surface area (Å²) in [5.74, 6) is -0.836. The van der Waals surface area contributed by atoms with Gasteiger partial charge in [0.2, 0.25) is 11.8 Å². The van der Waals surface area contributed by atoms with E-state index in [-0.39, 0.29) is 6.61 Å². The molecule has 0 atom stereocenters. The number of rotatable bonds is 3. The van der Waals surface area contributed by atoms with Crippen molar-refractivity contribution < 1.29 is 14.4 Å². The minimum absolute atomic E-state index is 0.208. The van der Waals surface area contributed by atoms with Crippen molar-refractivity contribution in [3.8, 4) is 0 Å². The average Bonchev–Trinajstić information content (AvgIpc) is 2.18. The molecule has 0 radical (unpaired) electrons. The Bertz CT molecular complexity index is 334. The molecule has 0 spiro atoms. The third kappa shape index (κ3) is 3.52. The molecule has 0 heterocycles. The molecule has 0 fully saturated rings. The molecule has 4 heteroatoms. The summed E-state index contributed by atoms with van der Waals surface area (Å²) in [5.41, 5.74) is 0.907. The van der Waals surface area contributed by atoms with Gasteiger partial charge < -0.3 is 0 Å². The van der Waals surface area contributed by atoms with Gasteiger partial charge in [-0.1, -0.05) is 30.3 Å². The van der Waals surface area contributed by atoms with E-state index in [0.717, 1.165) is 10.6 Å². The summed E-state index contributed by atoms with van der Waals surface area (Å²) in [5, 5.41) is 0.757. The first-order valence-electron chi connectivity index (χ1n) is 4.59. The van der Waals surface area contributed by atoms with Crippen molar-refractivity contribution in [2.45, 2.75) is 20.5 Å². The van der Waals surface area contributed by atoms with Gasteiger partial charge >= 0.3 is 0 Å². The Morgan fingerprint density at radius 3 is 2.13 bits per heavy atom. The Balaban J connectivity index is 2.55. The van der Waals surface area contributed by atoms with E-state index in [9.17, 15) is 9.59 Å². The van der Waals surface area contributed by atoms with E-state index in [4.69, 9.17) is 4.84 Å². The monoisotopic (exact) mass is 207 g/mol. The van der Waals surface area contributed by atoms with E-state index in [1.54, 1.807) is 0 Å². The molecule has 0 unspecified atom stereocenters. The van der Waals surface area contributed by atoms with Crippen molar-refractivity contribution in [3.05, 3.63) is 35.9 Å². The van der Waals surface area contributed by atoms with Crippen LogP contribution in [0.1, 0.15) is 19.4 Å². The van der Waals surface area contributed by atoms with Gasteiger partial charge in [-0.3, -0.25) is 14.4 Å². The first-order valence-corrected chi connectivity index (χ1v) is 4.59. The van der Waals surface area contributed by atoms with Crippen LogP contribution in [0.15, 0.2) is 30.3 Å². The van der Waals surface area contributed by atoms with Crippen molar-refractivity contribution in [3.63, 3.8) is 0 Å². The van der Waals surface area contributed by atoms with Crippen molar-refractivity contribution >= 4 is 11.8 Å². The Kier molecular flexibility index (Phi) is 4.00. The molecule has 0 N–H and O–H groups in total. The van der Waals surface area contributed by atoms with Crippen LogP contribution in [-0.4, -0.2) is 16.9 Å². The van der Waals surface area contributed by atoms with Crippen molar-refractivity contribution in [1.82, 2.24) is 5.06 Å². The van der Waals surface area contributed by atoms with Crippen LogP contribution < -0.4 is 0 Å². The number of hydrogen-bond acceptors (Lipinski definition) is 3. The van der Waals surface area contributed by atoms with Gasteiger partial charge in [-0.05, 0) is 5.56 Å². The van der Waals surface area contributed by atoms with Gasteiger partial charge in [-0.25, -0.2) is 0 Å². The number of benzene rings is 1. The van der Waals surface area contributed by atoms with Gasteiger partial charge in [0.1, 0.15) is 6.61 Å². The highest BCUT2D eigenvalue weighted by atomic mass is 16.7. The number of carbonyl (C=O) groups excluding carboxylic acids is 2. The summed E-state index contributed by atoms with van der Waals surface area (Å²) < 4.78 is 0. The lowest BCUT2D eigenvalue weighted by atomic mass is 10.2. The van der Waals surface area contributed by atoms with Crippen LogP contribution in [0, 0.1) is 0 Å². The van der Waals surface area contributed by atoms with E-state index < -0.39 is 11.8 Å². The molecular weight excluding hydrogens is 194 g/mol. The number of carbonyl (C=O) groups is 2. The highest BCUT2D eigenvalue weighted by Crippen LogP contribution is 2.03. The zero-order valence-electron chi connectivity index (χ0n) is 8.77. The van der Waals surface area contributed by atoms with Gasteiger partial charge in [-0.2, -0.15) is 5.06 Å². The molecule has 0 aliphatic rings. The van der Waals surface area contributed by atoms with E-state index >= 15 is 0 Å². The summed E-state index contributed by atoms with van der Waals surface area (Å²) >= 11 is 0. The molecule has 0 aliphatic heterocycles. The quantitative estimate of drug-likeness (QED) is 0.706. The third-order valence-corrected chi connectivity index (χ3v) is 1.78. The molecule has 0 aliphatic carbocycles. The van der Waals surface area contributed by atoms with Gasteiger partial charge in [0.05, 0.1) is 0 Å². The van der Waals surface area contributed by atoms with Crippen molar-refractivity contribution in [1.29, 1.82) is 0 Å².